The summed E-state index contributed by atoms with van der Waals surface area (Å²) in [6, 6.07) is 0. The van der Waals surface area contributed by atoms with E-state index in [4.69, 9.17) is 0 Å². The first-order chi connectivity index (χ1) is 0. The molecule has 0 heterocycles. The predicted octanol–water partition coefficient (Wildman–Crippen LogP) is -1.16. The molecule has 0 aliphatic heterocycles. The van der Waals surface area contributed by atoms with Crippen molar-refractivity contribution in [1.29, 1.82) is 0 Å². The van der Waals surface area contributed by atoms with Gasteiger partial charge in [-0.05, 0) is 0 Å². The summed E-state index contributed by atoms with van der Waals surface area (Å²) in [6.07, 6.45) is 0. The summed E-state index contributed by atoms with van der Waals surface area (Å²) in [4.78, 5) is 0. The summed E-state index contributed by atoms with van der Waals surface area (Å²) < 4.78 is 0. The zero-order chi connectivity index (χ0) is 0. The van der Waals surface area contributed by atoms with Crippen LogP contribution in [0.2, 0.25) is 0 Å². The van der Waals surface area contributed by atoms with Gasteiger partial charge >= 0.3 is 71.7 Å². The molecule has 0 saturated carbocycles. The maximum atomic E-state index is 0. The monoisotopic (exact) mass is 212 g/mol. The van der Waals surface area contributed by atoms with E-state index < -0.39 is 0 Å². The van der Waals surface area contributed by atoms with Crippen LogP contribution in [0, 0.1) is 0 Å². The Labute approximate surface area is 81.0 Å². The quantitative estimate of drug-likeness (QED) is 0.456. The van der Waals surface area contributed by atoms with Crippen molar-refractivity contribution < 1.29 is 37.2 Å². The van der Waals surface area contributed by atoms with Gasteiger partial charge in [0.25, 0.3) is 0 Å². The van der Waals surface area contributed by atoms with Crippen LogP contribution in [-0.4, -0.2) is 45.5 Å². The molecule has 0 N–H and O–H groups in total. The van der Waals surface area contributed by atoms with Crippen molar-refractivity contribution in [2.24, 2.45) is 0 Å². The first-order valence-electron chi connectivity index (χ1n) is 0. The van der Waals surface area contributed by atoms with E-state index in [0.717, 1.165) is 0 Å². The van der Waals surface area contributed by atoms with Crippen LogP contribution in [0.1, 0.15) is 0 Å². The van der Waals surface area contributed by atoms with Crippen molar-refractivity contribution in [1.82, 2.24) is 0 Å². The van der Waals surface area contributed by atoms with E-state index in [1.165, 1.54) is 0 Å². The third-order valence-electron chi connectivity index (χ3n) is 0. The molecule has 0 bridgehead atoms. The molecule has 0 aromatic carbocycles. The SMILES string of the molecule is [O-2].[O-2].[SrH2].[Zr+4]. The largest absolute Gasteiger partial charge is 4.00 e. The van der Waals surface area contributed by atoms with E-state index in [2.05, 4.69) is 0 Å². The first kappa shape index (κ1) is 33.6. The molecule has 0 unspecified atom stereocenters. The molecule has 2 nitrogen and oxygen atoms in total. The Balaban J connectivity index is 0. The van der Waals surface area contributed by atoms with Crippen molar-refractivity contribution in [3.63, 3.8) is 0 Å². The molecular weight excluding hydrogens is 211 g/mol. The minimum Gasteiger partial charge on any atom is 4.00 e. The Morgan fingerprint density at radius 3 is 0.750 bits per heavy atom. The molecular formula is H2O2SrZr. The Hall–Kier alpha value is 2.28. The van der Waals surface area contributed by atoms with Gasteiger partial charge in [0, 0.05) is 0 Å². The van der Waals surface area contributed by atoms with E-state index in [1.807, 2.05) is 0 Å². The van der Waals surface area contributed by atoms with E-state index in [-0.39, 0.29) is 82.6 Å². The van der Waals surface area contributed by atoms with Gasteiger partial charge in [-0.2, -0.15) is 0 Å². The summed E-state index contributed by atoms with van der Waals surface area (Å²) in [5.41, 5.74) is 0. The smallest absolute Gasteiger partial charge is 4.00 e. The van der Waals surface area contributed by atoms with Crippen LogP contribution < -0.4 is 0 Å². The van der Waals surface area contributed by atoms with E-state index in [0.29, 0.717) is 0 Å². The summed E-state index contributed by atoms with van der Waals surface area (Å²) >= 11 is 0. The van der Waals surface area contributed by atoms with Gasteiger partial charge in [0.2, 0.25) is 0 Å². The average molecular weight is 213 g/mol. The van der Waals surface area contributed by atoms with Gasteiger partial charge < -0.3 is 11.0 Å². The summed E-state index contributed by atoms with van der Waals surface area (Å²) in [7, 11) is 0. The fourth-order valence-electron chi connectivity index (χ4n) is 0. The maximum absolute atomic E-state index is 0. The first-order valence-corrected chi connectivity index (χ1v) is 0. The van der Waals surface area contributed by atoms with Gasteiger partial charge in [-0.3, -0.25) is 0 Å². The Bertz CT molecular complexity index is 6.00. The molecule has 0 saturated heterocycles. The van der Waals surface area contributed by atoms with Crippen molar-refractivity contribution in [2.75, 3.05) is 0 Å². The average Bonchev–Trinajstić information content (AvgIpc) is 0. The van der Waals surface area contributed by atoms with Crippen LogP contribution >= 0.6 is 0 Å². The molecule has 4 heteroatoms. The third kappa shape index (κ3) is 8.86. The second-order valence-corrected chi connectivity index (χ2v) is 0. The summed E-state index contributed by atoms with van der Waals surface area (Å²) in [5.74, 6) is 0. The minimum atomic E-state index is 0. The molecule has 0 aliphatic rings. The molecule has 20 valence electrons. The van der Waals surface area contributed by atoms with E-state index in [1.54, 1.807) is 0 Å². The molecule has 0 aromatic heterocycles. The van der Waals surface area contributed by atoms with Crippen molar-refractivity contribution in [3.05, 3.63) is 0 Å². The van der Waals surface area contributed by atoms with Crippen LogP contribution in [0.5, 0.6) is 0 Å². The summed E-state index contributed by atoms with van der Waals surface area (Å²) in [5, 5.41) is 0. The number of hydrogen-bond donors (Lipinski definition) is 0. The number of rotatable bonds is 0. The molecule has 0 fully saturated rings. The van der Waals surface area contributed by atoms with Crippen molar-refractivity contribution in [2.45, 2.75) is 0 Å². The molecule has 0 atom stereocenters. The Morgan fingerprint density at radius 1 is 0.750 bits per heavy atom. The molecule has 0 rings (SSSR count). The molecule has 0 aliphatic carbocycles. The Morgan fingerprint density at radius 2 is 0.750 bits per heavy atom. The van der Waals surface area contributed by atoms with Crippen molar-refractivity contribution >= 4 is 45.5 Å². The molecule has 0 radical (unpaired) electrons. The standard InChI is InChI=1S/2O.Sr.Zr.2H/q2*-2;;+4;;. The van der Waals surface area contributed by atoms with E-state index in [9.17, 15) is 0 Å². The van der Waals surface area contributed by atoms with E-state index >= 15 is 0 Å². The van der Waals surface area contributed by atoms with Crippen LogP contribution in [-0.2, 0) is 37.2 Å². The molecule has 4 heavy (non-hydrogen) atoms. The van der Waals surface area contributed by atoms with Gasteiger partial charge in [0.15, 0.2) is 0 Å². The van der Waals surface area contributed by atoms with Gasteiger partial charge in [-0.15, -0.1) is 0 Å². The third-order valence-corrected chi connectivity index (χ3v) is 0. The number of hydrogen-bond acceptors (Lipinski definition) is 0. The van der Waals surface area contributed by atoms with Crippen LogP contribution in [0.25, 0.3) is 0 Å². The Kier molecular flexibility index (Phi) is 156. The zero-order valence-electron chi connectivity index (χ0n) is 1.32. The fourth-order valence-corrected chi connectivity index (χ4v) is 0. The van der Waals surface area contributed by atoms with Gasteiger partial charge in [0.1, 0.15) is 0 Å². The van der Waals surface area contributed by atoms with Gasteiger partial charge in [-0.1, -0.05) is 0 Å². The molecule has 0 amide bonds. The van der Waals surface area contributed by atoms with Gasteiger partial charge in [0.05, 0.1) is 0 Å². The summed E-state index contributed by atoms with van der Waals surface area (Å²) in [6.45, 7) is 0. The van der Waals surface area contributed by atoms with Gasteiger partial charge in [-0.25, -0.2) is 0 Å². The molecule has 0 aromatic rings. The second kappa shape index (κ2) is 18.6. The predicted molar refractivity (Wildman–Crippen MR) is 9.92 cm³/mol. The maximum Gasteiger partial charge on any atom is 4.00 e. The van der Waals surface area contributed by atoms with Crippen LogP contribution in [0.3, 0.4) is 0 Å². The normalized spacial score (nSPS) is 0. The topological polar surface area (TPSA) is 57.0 Å². The second-order valence-electron chi connectivity index (χ2n) is 0. The van der Waals surface area contributed by atoms with Crippen molar-refractivity contribution in [3.8, 4) is 0 Å². The fraction of sp³-hybridized carbons (Fsp3) is 0. The van der Waals surface area contributed by atoms with Crippen LogP contribution in [0.15, 0.2) is 0 Å². The molecule has 0 spiro atoms. The minimum absolute atomic E-state index is 0. The van der Waals surface area contributed by atoms with Crippen LogP contribution in [0.4, 0.5) is 0 Å². The zero-order valence-corrected chi connectivity index (χ0v) is 3.77.